The number of para-hydroxylation sites is 1. The van der Waals surface area contributed by atoms with Crippen molar-refractivity contribution in [1.29, 1.82) is 0 Å². The van der Waals surface area contributed by atoms with Crippen LogP contribution >= 0.6 is 12.4 Å². The zero-order valence-corrected chi connectivity index (χ0v) is 14.2. The third-order valence-electron chi connectivity index (χ3n) is 4.38. The lowest BCUT2D eigenvalue weighted by Crippen LogP contribution is -2.55. The molecule has 1 saturated heterocycles. The normalized spacial score (nSPS) is 23.8. The van der Waals surface area contributed by atoms with Crippen LogP contribution in [0.4, 0.5) is 0 Å². The van der Waals surface area contributed by atoms with Crippen LogP contribution in [-0.4, -0.2) is 34.3 Å². The quantitative estimate of drug-likeness (QED) is 0.906. The van der Waals surface area contributed by atoms with Crippen LogP contribution in [0, 0.1) is 5.92 Å². The van der Waals surface area contributed by atoms with Crippen LogP contribution < -0.4 is 10.6 Å². The predicted octanol–water partition coefficient (Wildman–Crippen LogP) is 2.41. The molecule has 0 saturated carbocycles. The maximum Gasteiger partial charge on any atom is 0.254 e. The predicted molar refractivity (Wildman–Crippen MR) is 93.3 cm³/mol. The molecule has 1 aromatic heterocycles. The van der Waals surface area contributed by atoms with Gasteiger partial charge in [0.25, 0.3) is 5.91 Å². The van der Waals surface area contributed by atoms with Gasteiger partial charge in [-0.3, -0.25) is 4.79 Å². The third kappa shape index (κ3) is 3.92. The first-order valence-electron chi connectivity index (χ1n) is 7.79. The minimum atomic E-state index is -0.0606. The largest absolute Gasteiger partial charge is 0.347 e. The fraction of sp³-hybridized carbons (Fsp3) is 0.412. The van der Waals surface area contributed by atoms with Crippen molar-refractivity contribution in [3.05, 3.63) is 48.3 Å². The number of hydrogen-bond acceptors (Lipinski definition) is 3. The molecule has 3 rings (SSSR count). The molecule has 0 spiro atoms. The lowest BCUT2D eigenvalue weighted by molar-refractivity contribution is 0.0897. The zero-order chi connectivity index (χ0) is 15.5. The second-order valence-electron chi connectivity index (χ2n) is 6.02. The highest BCUT2D eigenvalue weighted by Gasteiger charge is 2.29. The van der Waals surface area contributed by atoms with Crippen LogP contribution in [0.25, 0.3) is 5.69 Å². The highest BCUT2D eigenvalue weighted by Crippen LogP contribution is 2.17. The summed E-state index contributed by atoms with van der Waals surface area (Å²) in [6, 6.07) is 10.2. The Hall–Kier alpha value is -1.85. The molecule has 0 radical (unpaired) electrons. The zero-order valence-electron chi connectivity index (χ0n) is 13.4. The molecule has 2 aromatic rings. The summed E-state index contributed by atoms with van der Waals surface area (Å²) in [4.78, 5) is 12.5. The van der Waals surface area contributed by atoms with Crippen molar-refractivity contribution in [2.75, 3.05) is 6.54 Å². The van der Waals surface area contributed by atoms with Crippen LogP contribution in [-0.2, 0) is 0 Å². The van der Waals surface area contributed by atoms with E-state index in [-0.39, 0.29) is 30.4 Å². The molecule has 1 aliphatic heterocycles. The summed E-state index contributed by atoms with van der Waals surface area (Å²) in [5.74, 6) is 0.416. The van der Waals surface area contributed by atoms with Gasteiger partial charge in [0.2, 0.25) is 0 Å². The monoisotopic (exact) mass is 334 g/mol. The van der Waals surface area contributed by atoms with Gasteiger partial charge in [0, 0.05) is 18.3 Å². The van der Waals surface area contributed by atoms with E-state index in [4.69, 9.17) is 0 Å². The van der Waals surface area contributed by atoms with Gasteiger partial charge in [0.1, 0.15) is 0 Å². The van der Waals surface area contributed by atoms with E-state index in [1.807, 2.05) is 30.3 Å². The Morgan fingerprint density at radius 3 is 2.74 bits per heavy atom. The van der Waals surface area contributed by atoms with Crippen molar-refractivity contribution in [1.82, 2.24) is 20.4 Å². The molecule has 6 heteroatoms. The molecule has 3 atom stereocenters. The molecule has 1 aromatic carbocycles. The van der Waals surface area contributed by atoms with Crippen LogP contribution in [0.2, 0.25) is 0 Å². The van der Waals surface area contributed by atoms with E-state index >= 15 is 0 Å². The van der Waals surface area contributed by atoms with Gasteiger partial charge in [-0.15, -0.1) is 12.4 Å². The van der Waals surface area contributed by atoms with Crippen molar-refractivity contribution >= 4 is 18.3 Å². The highest BCUT2D eigenvalue weighted by molar-refractivity contribution is 5.94. The number of carbonyl (C=O) groups is 1. The Balaban J connectivity index is 0.00000192. The molecule has 2 N–H and O–H groups in total. The van der Waals surface area contributed by atoms with Gasteiger partial charge in [-0.25, -0.2) is 4.68 Å². The minimum absolute atomic E-state index is 0. The summed E-state index contributed by atoms with van der Waals surface area (Å²) in [6.45, 7) is 5.32. The number of hydrogen-bond donors (Lipinski definition) is 2. The Kier molecular flexibility index (Phi) is 5.80. The van der Waals surface area contributed by atoms with E-state index in [1.54, 1.807) is 17.1 Å². The maximum atomic E-state index is 12.5. The van der Waals surface area contributed by atoms with Crippen molar-refractivity contribution < 1.29 is 4.79 Å². The van der Waals surface area contributed by atoms with Crippen molar-refractivity contribution in [2.45, 2.75) is 32.4 Å². The first-order valence-corrected chi connectivity index (χ1v) is 7.79. The van der Waals surface area contributed by atoms with Gasteiger partial charge in [-0.05, 0) is 37.9 Å². The molecule has 1 fully saturated rings. The first-order chi connectivity index (χ1) is 10.6. The molecule has 1 amide bonds. The van der Waals surface area contributed by atoms with Crippen LogP contribution in [0.1, 0.15) is 30.6 Å². The average Bonchev–Trinajstić information content (AvgIpc) is 3.02. The summed E-state index contributed by atoms with van der Waals surface area (Å²) in [6.07, 6.45) is 4.47. The lowest BCUT2D eigenvalue weighted by Gasteiger charge is -2.35. The summed E-state index contributed by atoms with van der Waals surface area (Å²) in [7, 11) is 0. The molecular formula is C17H23ClN4O. The Morgan fingerprint density at radius 2 is 2.04 bits per heavy atom. The van der Waals surface area contributed by atoms with E-state index in [0.717, 1.165) is 18.7 Å². The number of carbonyl (C=O) groups excluding carboxylic acids is 1. The smallest absolute Gasteiger partial charge is 0.254 e. The fourth-order valence-electron chi connectivity index (χ4n) is 3.00. The van der Waals surface area contributed by atoms with Gasteiger partial charge in [0.15, 0.2) is 0 Å². The van der Waals surface area contributed by atoms with Crippen molar-refractivity contribution in [2.24, 2.45) is 5.92 Å². The van der Waals surface area contributed by atoms with E-state index in [2.05, 4.69) is 29.6 Å². The van der Waals surface area contributed by atoms with Crippen LogP contribution in [0.5, 0.6) is 0 Å². The van der Waals surface area contributed by atoms with Crippen LogP contribution in [0.3, 0.4) is 0 Å². The number of amides is 1. The summed E-state index contributed by atoms with van der Waals surface area (Å²) in [5, 5.41) is 10.8. The molecule has 3 unspecified atom stereocenters. The molecule has 5 nitrogen and oxygen atoms in total. The fourth-order valence-corrected chi connectivity index (χ4v) is 3.00. The van der Waals surface area contributed by atoms with Gasteiger partial charge >= 0.3 is 0 Å². The van der Waals surface area contributed by atoms with Crippen molar-refractivity contribution in [3.8, 4) is 5.69 Å². The Bertz CT molecular complexity index is 633. The summed E-state index contributed by atoms with van der Waals surface area (Å²) in [5.41, 5.74) is 1.54. The molecule has 2 heterocycles. The van der Waals surface area contributed by atoms with Gasteiger partial charge in [0.05, 0.1) is 17.4 Å². The SMILES string of the molecule is CC1CCNC(C)C1NC(=O)c1cnn(-c2ccccc2)c1.Cl. The second-order valence-corrected chi connectivity index (χ2v) is 6.02. The molecule has 0 bridgehead atoms. The second kappa shape index (κ2) is 7.62. The Morgan fingerprint density at radius 1 is 1.30 bits per heavy atom. The van der Waals surface area contributed by atoms with E-state index in [1.165, 1.54) is 0 Å². The molecule has 0 aliphatic carbocycles. The summed E-state index contributed by atoms with van der Waals surface area (Å²) < 4.78 is 1.72. The van der Waals surface area contributed by atoms with Gasteiger partial charge in [-0.1, -0.05) is 25.1 Å². The number of benzene rings is 1. The number of nitrogens with zero attached hydrogens (tertiary/aromatic N) is 2. The van der Waals surface area contributed by atoms with E-state index in [0.29, 0.717) is 11.5 Å². The average molecular weight is 335 g/mol. The number of rotatable bonds is 3. The van der Waals surface area contributed by atoms with Gasteiger partial charge < -0.3 is 10.6 Å². The number of nitrogens with one attached hydrogen (secondary N) is 2. The molecule has 23 heavy (non-hydrogen) atoms. The maximum absolute atomic E-state index is 12.5. The van der Waals surface area contributed by atoms with E-state index in [9.17, 15) is 4.79 Å². The Labute approximate surface area is 142 Å². The molecule has 1 aliphatic rings. The minimum Gasteiger partial charge on any atom is -0.347 e. The summed E-state index contributed by atoms with van der Waals surface area (Å²) >= 11 is 0. The molecular weight excluding hydrogens is 312 g/mol. The number of aromatic nitrogens is 2. The molecule has 124 valence electrons. The first kappa shape index (κ1) is 17.5. The highest BCUT2D eigenvalue weighted by atomic mass is 35.5. The van der Waals surface area contributed by atoms with E-state index < -0.39 is 0 Å². The number of halogens is 1. The van der Waals surface area contributed by atoms with Gasteiger partial charge in [-0.2, -0.15) is 5.10 Å². The standard InChI is InChI=1S/C17H22N4O.ClH/c1-12-8-9-18-13(2)16(12)20-17(22)14-10-19-21(11-14)15-6-4-3-5-7-15;/h3-7,10-13,16,18H,8-9H2,1-2H3,(H,20,22);1H. The van der Waals surface area contributed by atoms with Crippen LogP contribution in [0.15, 0.2) is 42.7 Å². The number of piperidine rings is 1. The topological polar surface area (TPSA) is 58.9 Å². The third-order valence-corrected chi connectivity index (χ3v) is 4.38. The lowest BCUT2D eigenvalue weighted by atomic mass is 9.89. The van der Waals surface area contributed by atoms with Crippen molar-refractivity contribution in [3.63, 3.8) is 0 Å².